The minimum Gasteiger partial charge on any atom is -0.379 e. The second kappa shape index (κ2) is 26.1. The maximum Gasteiger partial charge on any atom is 0.256 e. The van der Waals surface area contributed by atoms with Crippen LogP contribution in [0.15, 0.2) is 53.7 Å². The minimum absolute atomic E-state index is 0.0167. The van der Waals surface area contributed by atoms with Gasteiger partial charge in [-0.25, -0.2) is 8.42 Å². The Morgan fingerprint density at radius 1 is 0.943 bits per heavy atom. The van der Waals surface area contributed by atoms with E-state index in [1.54, 1.807) is 61.2 Å². The highest BCUT2D eigenvalue weighted by Gasteiger charge is 2.43. The molecule has 2 aromatic rings. The normalized spacial score (nSPS) is 18.4. The van der Waals surface area contributed by atoms with Crippen molar-refractivity contribution in [2.75, 3.05) is 47.7 Å². The van der Waals surface area contributed by atoms with Gasteiger partial charge in [0.1, 0.15) is 23.6 Å². The number of sulfonamides is 1. The molecule has 21 heteroatoms. The van der Waals surface area contributed by atoms with E-state index in [1.807, 2.05) is 60.5 Å². The number of rotatable bonds is 26. The van der Waals surface area contributed by atoms with E-state index >= 15 is 0 Å². The van der Waals surface area contributed by atoms with E-state index in [1.165, 1.54) is 18.0 Å². The number of nitrogens with zero attached hydrogens (tertiary/aromatic N) is 8. The molecule has 1 aromatic heterocycles. The molecule has 0 unspecified atom stereocenters. The molecule has 3 heterocycles. The molecule has 1 fully saturated rings. The lowest BCUT2D eigenvalue weighted by Crippen LogP contribution is -2.56. The Labute approximate surface area is 414 Å². The zero-order valence-electron chi connectivity index (χ0n) is 43.0. The van der Waals surface area contributed by atoms with E-state index in [9.17, 15) is 37.2 Å². The van der Waals surface area contributed by atoms with Crippen molar-refractivity contribution in [1.82, 2.24) is 44.6 Å². The van der Waals surface area contributed by atoms with Crippen LogP contribution in [0.2, 0.25) is 0 Å². The maximum absolute atomic E-state index is 14.4. The van der Waals surface area contributed by atoms with Crippen LogP contribution in [0.5, 0.6) is 0 Å². The number of carbonyl (C=O) groups excluding carboxylic acids is 6. The van der Waals surface area contributed by atoms with Crippen molar-refractivity contribution >= 4 is 51.3 Å². The summed E-state index contributed by atoms with van der Waals surface area (Å²) in [5.74, 6) is -3.38. The van der Waals surface area contributed by atoms with Crippen LogP contribution in [0.3, 0.4) is 0 Å². The standard InChI is InChI=1S/C49H76N10O10S/c1-13-33(6)44(56(10)49(65)43(31(2)3)51-46(32(4)5)55(8)9)39(68-11)28-42(62)58-25-17-21-38(58)45(69-12)34(7)47(63)50-37(27-35-19-15-14-16-20-35)48(64)53-70(66,67)26-18-24-57-29-36(52-54-57)30-59-40(60)22-23-41(59)61/h14-16,19-20,22-23,29,31-34,37-39,43-45H,13,17-18,21,24-28,30H2,1-12H3,(H,50,63)(H,53,64)/t33-,34+,37-,38-,39+,43-,44-,45+/m0/s1. The Bertz CT molecular complexity index is 2260. The van der Waals surface area contributed by atoms with Crippen LogP contribution < -0.4 is 10.0 Å². The fourth-order valence-corrected chi connectivity index (χ4v) is 10.3. The van der Waals surface area contributed by atoms with Gasteiger partial charge >= 0.3 is 0 Å². The summed E-state index contributed by atoms with van der Waals surface area (Å²) in [6, 6.07) is 5.95. The number of benzene rings is 1. The summed E-state index contributed by atoms with van der Waals surface area (Å²) in [5, 5.41) is 10.7. The van der Waals surface area contributed by atoms with Gasteiger partial charge in [-0.1, -0.05) is 90.4 Å². The summed E-state index contributed by atoms with van der Waals surface area (Å²) in [7, 11) is 4.40. The molecule has 1 saturated heterocycles. The number of aryl methyl sites for hydroxylation is 1. The van der Waals surface area contributed by atoms with Crippen LogP contribution >= 0.6 is 0 Å². The average molecular weight is 997 g/mol. The molecule has 2 aliphatic rings. The number of imide groups is 1. The summed E-state index contributed by atoms with van der Waals surface area (Å²) < 4.78 is 42.1. The van der Waals surface area contributed by atoms with Crippen LogP contribution in [0.25, 0.3) is 0 Å². The largest absolute Gasteiger partial charge is 0.379 e. The average Bonchev–Trinajstić information content (AvgIpc) is 4.06. The van der Waals surface area contributed by atoms with E-state index in [4.69, 9.17) is 14.5 Å². The van der Waals surface area contributed by atoms with Crippen LogP contribution in [0.4, 0.5) is 0 Å². The molecule has 4 rings (SSSR count). The van der Waals surface area contributed by atoms with Crippen molar-refractivity contribution in [3.8, 4) is 0 Å². The molecule has 0 bridgehead atoms. The lowest BCUT2D eigenvalue weighted by molar-refractivity contribution is -0.146. The number of likely N-dealkylation sites (N-methyl/N-ethyl adjacent to an activating group) is 1. The van der Waals surface area contributed by atoms with Gasteiger partial charge in [-0.15, -0.1) is 5.10 Å². The molecule has 8 atom stereocenters. The maximum atomic E-state index is 14.4. The van der Waals surface area contributed by atoms with Crippen molar-refractivity contribution in [3.05, 3.63) is 59.9 Å². The zero-order valence-corrected chi connectivity index (χ0v) is 43.8. The van der Waals surface area contributed by atoms with Gasteiger partial charge in [0.15, 0.2) is 0 Å². The number of hydrogen-bond donors (Lipinski definition) is 2. The van der Waals surface area contributed by atoms with Crippen molar-refractivity contribution in [1.29, 1.82) is 0 Å². The van der Waals surface area contributed by atoms with Gasteiger partial charge in [0, 0.05) is 72.9 Å². The highest BCUT2D eigenvalue weighted by molar-refractivity contribution is 7.90. The van der Waals surface area contributed by atoms with Gasteiger partial charge in [0.2, 0.25) is 27.7 Å². The van der Waals surface area contributed by atoms with Gasteiger partial charge < -0.3 is 29.5 Å². The molecule has 2 N–H and O–H groups in total. The molecule has 20 nitrogen and oxygen atoms in total. The monoisotopic (exact) mass is 997 g/mol. The molecule has 0 saturated carbocycles. The summed E-state index contributed by atoms with van der Waals surface area (Å²) in [4.78, 5) is 92.0. The molecule has 0 aliphatic carbocycles. The minimum atomic E-state index is -4.20. The van der Waals surface area contributed by atoms with Crippen molar-refractivity contribution in [2.24, 2.45) is 28.7 Å². The third-order valence-electron chi connectivity index (χ3n) is 13.2. The first kappa shape index (κ1) is 57.0. The summed E-state index contributed by atoms with van der Waals surface area (Å²) >= 11 is 0. The Hall–Kier alpha value is -5.54. The van der Waals surface area contributed by atoms with Gasteiger partial charge in [-0.3, -0.25) is 48.1 Å². The number of methoxy groups -OCH3 is 2. The number of amides is 6. The lowest BCUT2D eigenvalue weighted by Gasteiger charge is -2.40. The molecular weight excluding hydrogens is 921 g/mol. The smallest absolute Gasteiger partial charge is 0.256 e. The highest BCUT2D eigenvalue weighted by Crippen LogP contribution is 2.30. The molecule has 388 valence electrons. The van der Waals surface area contributed by atoms with Crippen molar-refractivity contribution in [3.63, 3.8) is 0 Å². The molecule has 0 radical (unpaired) electrons. The number of aliphatic imine (C=N–C) groups is 1. The van der Waals surface area contributed by atoms with Gasteiger partial charge in [0.05, 0.1) is 55.1 Å². The summed E-state index contributed by atoms with van der Waals surface area (Å²) in [6.45, 7) is 14.2. The summed E-state index contributed by atoms with van der Waals surface area (Å²) in [5.41, 5.74) is 1.01. The van der Waals surface area contributed by atoms with Crippen LogP contribution in [0.1, 0.15) is 91.8 Å². The fourth-order valence-electron chi connectivity index (χ4n) is 9.25. The molecule has 6 amide bonds. The Kier molecular flexibility index (Phi) is 21.2. The SMILES string of the molecule is CC[C@H](C)[C@@H]([C@@H](CC(=O)N1CCC[C@H]1[C@H](OC)[C@@H](C)C(=O)N[C@@H](Cc1ccccc1)C(=O)NS(=O)(=O)CCCn1cc(CN2C(=O)C=CC2=O)nn1)OC)N(C)C(=O)[C@@H](N=C(C(C)C)N(C)C)C(C)C. The first-order valence-corrected chi connectivity index (χ1v) is 25.9. The number of carbonyl (C=O) groups is 6. The zero-order chi connectivity index (χ0) is 52.0. The van der Waals surface area contributed by atoms with E-state index in [0.717, 1.165) is 29.3 Å². The predicted molar refractivity (Wildman–Crippen MR) is 264 cm³/mol. The fraction of sp³-hybridized carbons (Fsp3) is 0.653. The molecular formula is C49H76N10O10S. The Morgan fingerprint density at radius 3 is 2.17 bits per heavy atom. The number of nitrogens with one attached hydrogen (secondary N) is 2. The quantitative estimate of drug-likeness (QED) is 0.0785. The van der Waals surface area contributed by atoms with E-state index < -0.39 is 81.7 Å². The van der Waals surface area contributed by atoms with Crippen LogP contribution in [-0.2, 0) is 67.8 Å². The number of ether oxygens (including phenoxy) is 2. The third kappa shape index (κ3) is 15.2. The van der Waals surface area contributed by atoms with E-state index in [0.29, 0.717) is 30.6 Å². The third-order valence-corrected chi connectivity index (χ3v) is 14.5. The Balaban J connectivity index is 1.45. The van der Waals surface area contributed by atoms with Crippen LogP contribution in [-0.4, -0.2) is 168 Å². The number of aromatic nitrogens is 3. The molecule has 2 aliphatic heterocycles. The van der Waals surface area contributed by atoms with Crippen molar-refractivity contribution in [2.45, 2.75) is 136 Å². The van der Waals surface area contributed by atoms with Crippen LogP contribution in [0, 0.1) is 23.7 Å². The van der Waals surface area contributed by atoms with Gasteiger partial charge in [0.25, 0.3) is 17.7 Å². The molecule has 70 heavy (non-hydrogen) atoms. The first-order chi connectivity index (χ1) is 33.0. The molecule has 1 aromatic carbocycles. The lowest BCUT2D eigenvalue weighted by atomic mass is 9.89. The van der Waals surface area contributed by atoms with Crippen molar-refractivity contribution < 1.29 is 46.7 Å². The Morgan fingerprint density at radius 2 is 1.60 bits per heavy atom. The predicted octanol–water partition coefficient (Wildman–Crippen LogP) is 2.83. The highest BCUT2D eigenvalue weighted by atomic mass is 32.2. The summed E-state index contributed by atoms with van der Waals surface area (Å²) in [6.07, 6.45) is 4.27. The topological polar surface area (TPSA) is 235 Å². The second-order valence-electron chi connectivity index (χ2n) is 19.3. The van der Waals surface area contributed by atoms with Gasteiger partial charge in [-0.2, -0.15) is 0 Å². The number of hydrogen-bond acceptors (Lipinski definition) is 13. The van der Waals surface area contributed by atoms with E-state index in [-0.39, 0.29) is 61.9 Å². The number of likely N-dealkylation sites (tertiary alicyclic amines) is 1. The van der Waals surface area contributed by atoms with Gasteiger partial charge in [-0.05, 0) is 36.7 Å². The second-order valence-corrected chi connectivity index (χ2v) is 21.1. The molecule has 0 spiro atoms. The van der Waals surface area contributed by atoms with E-state index in [2.05, 4.69) is 20.4 Å². The number of amidine groups is 1. The first-order valence-electron chi connectivity index (χ1n) is 24.2.